The summed E-state index contributed by atoms with van der Waals surface area (Å²) in [5.41, 5.74) is 11.5. The molecule has 0 amide bonds. The van der Waals surface area contributed by atoms with Gasteiger partial charge in [-0.15, -0.1) is 5.10 Å². The molecule has 0 bridgehead atoms. The molecule has 1 fully saturated rings. The molecule has 37 heavy (non-hydrogen) atoms. The summed E-state index contributed by atoms with van der Waals surface area (Å²) >= 11 is 0. The molecule has 1 saturated heterocycles. The van der Waals surface area contributed by atoms with Crippen LogP contribution >= 0.6 is 0 Å². The summed E-state index contributed by atoms with van der Waals surface area (Å²) in [4.78, 5) is 3.73. The van der Waals surface area contributed by atoms with Crippen molar-refractivity contribution in [2.75, 3.05) is 38.2 Å². The zero-order chi connectivity index (χ0) is 25.9. The largest absolute Gasteiger partial charge is 0.496 e. The van der Waals surface area contributed by atoms with Crippen LogP contribution in [0.1, 0.15) is 41.6 Å². The van der Waals surface area contributed by atoms with Crippen LogP contribution in [0.2, 0.25) is 0 Å². The number of nitrogens with zero attached hydrogens (tertiary/aromatic N) is 3. The molecule has 2 aliphatic heterocycles. The van der Waals surface area contributed by atoms with E-state index in [-0.39, 0.29) is 17.6 Å². The number of nitrogens with one attached hydrogen (secondary N) is 2. The fraction of sp³-hybridized carbons (Fsp3) is 0.357. The number of aromatic amines is 1. The third-order valence-corrected chi connectivity index (χ3v) is 7.26. The number of nitriles is 1. The van der Waals surface area contributed by atoms with E-state index in [0.29, 0.717) is 11.5 Å². The molecule has 5 rings (SSSR count). The van der Waals surface area contributed by atoms with E-state index in [4.69, 9.17) is 15.2 Å². The van der Waals surface area contributed by atoms with Gasteiger partial charge in [0, 0.05) is 22.5 Å². The van der Waals surface area contributed by atoms with Gasteiger partial charge in [-0.1, -0.05) is 19.4 Å². The minimum absolute atomic E-state index is 0.0921. The van der Waals surface area contributed by atoms with Crippen LogP contribution in [0.4, 0.5) is 10.1 Å². The first-order valence-electron chi connectivity index (χ1n) is 12.7. The Hall–Kier alpha value is -4.03. The summed E-state index contributed by atoms with van der Waals surface area (Å²) < 4.78 is 24.7. The SMILES string of the molecule is CCCc1[nH]nc2c1[C@@H](c1ccc(OC)c(C[NH+]3CCN(c4ccc(F)cc4)CC3)c1)C(C#N)=C(N)O2. The van der Waals surface area contributed by atoms with Crippen molar-refractivity contribution in [1.29, 1.82) is 5.26 Å². The van der Waals surface area contributed by atoms with Gasteiger partial charge in [0.2, 0.25) is 11.8 Å². The van der Waals surface area contributed by atoms with Gasteiger partial charge in [-0.05, 0) is 48.4 Å². The number of piperazine rings is 1. The number of hydrogen-bond donors (Lipinski definition) is 3. The van der Waals surface area contributed by atoms with Gasteiger partial charge in [0.25, 0.3) is 0 Å². The van der Waals surface area contributed by atoms with Gasteiger partial charge in [0.15, 0.2) is 0 Å². The van der Waals surface area contributed by atoms with Gasteiger partial charge in [-0.25, -0.2) is 4.39 Å². The number of H-pyrrole nitrogens is 1. The summed E-state index contributed by atoms with van der Waals surface area (Å²) in [5, 5.41) is 17.4. The zero-order valence-electron chi connectivity index (χ0n) is 21.2. The fourth-order valence-electron chi connectivity index (χ4n) is 5.38. The molecule has 192 valence electrons. The highest BCUT2D eigenvalue weighted by atomic mass is 19.1. The fourth-order valence-corrected chi connectivity index (χ4v) is 5.38. The highest BCUT2D eigenvalue weighted by Gasteiger charge is 2.35. The minimum Gasteiger partial charge on any atom is -0.496 e. The molecule has 3 heterocycles. The molecular weight excluding hydrogens is 471 g/mol. The third kappa shape index (κ3) is 4.85. The first-order chi connectivity index (χ1) is 18.0. The number of halogens is 1. The maximum absolute atomic E-state index is 13.3. The molecule has 1 atom stereocenters. The Bertz CT molecular complexity index is 1340. The maximum atomic E-state index is 13.3. The van der Waals surface area contributed by atoms with Crippen molar-refractivity contribution < 1.29 is 18.8 Å². The van der Waals surface area contributed by atoms with Gasteiger partial charge in [-0.3, -0.25) is 5.10 Å². The smallest absolute Gasteiger partial charge is 0.244 e. The minimum atomic E-state index is -0.357. The Labute approximate surface area is 216 Å². The van der Waals surface area contributed by atoms with Crippen molar-refractivity contribution in [2.24, 2.45) is 5.73 Å². The summed E-state index contributed by atoms with van der Waals surface area (Å²) in [6.07, 6.45) is 1.73. The van der Waals surface area contributed by atoms with Crippen LogP contribution in [0.25, 0.3) is 0 Å². The molecule has 8 nitrogen and oxygen atoms in total. The van der Waals surface area contributed by atoms with Crippen LogP contribution in [0, 0.1) is 17.1 Å². The predicted molar refractivity (Wildman–Crippen MR) is 138 cm³/mol. The number of aromatic nitrogens is 2. The van der Waals surface area contributed by atoms with Crippen LogP contribution in [-0.2, 0) is 13.0 Å². The maximum Gasteiger partial charge on any atom is 0.244 e. The van der Waals surface area contributed by atoms with E-state index in [1.165, 1.54) is 17.0 Å². The molecule has 0 saturated carbocycles. The number of anilines is 1. The normalized spacial score (nSPS) is 17.8. The number of aryl methyl sites for hydroxylation is 1. The molecule has 9 heteroatoms. The van der Waals surface area contributed by atoms with Crippen molar-refractivity contribution >= 4 is 5.69 Å². The van der Waals surface area contributed by atoms with Crippen molar-refractivity contribution in [3.8, 4) is 17.7 Å². The first-order valence-corrected chi connectivity index (χ1v) is 12.7. The van der Waals surface area contributed by atoms with Crippen LogP contribution in [0.3, 0.4) is 0 Å². The van der Waals surface area contributed by atoms with E-state index in [9.17, 15) is 9.65 Å². The highest BCUT2D eigenvalue weighted by molar-refractivity contribution is 5.56. The second-order valence-corrected chi connectivity index (χ2v) is 9.56. The molecule has 0 radical (unpaired) electrons. The lowest BCUT2D eigenvalue weighted by Crippen LogP contribution is -3.13. The number of nitrogens with two attached hydrogens (primary N) is 1. The number of benzene rings is 2. The zero-order valence-corrected chi connectivity index (χ0v) is 21.2. The summed E-state index contributed by atoms with van der Waals surface area (Å²) in [6.45, 7) is 6.57. The van der Waals surface area contributed by atoms with Gasteiger partial charge >= 0.3 is 0 Å². The number of quaternary nitrogens is 1. The highest BCUT2D eigenvalue weighted by Crippen LogP contribution is 2.43. The van der Waals surface area contributed by atoms with E-state index < -0.39 is 0 Å². The molecule has 1 aromatic heterocycles. The lowest BCUT2D eigenvalue weighted by molar-refractivity contribution is -0.914. The molecule has 0 aliphatic carbocycles. The number of methoxy groups -OCH3 is 1. The van der Waals surface area contributed by atoms with Crippen LogP contribution in [-0.4, -0.2) is 43.5 Å². The average molecular weight is 504 g/mol. The van der Waals surface area contributed by atoms with Crippen molar-refractivity contribution in [2.45, 2.75) is 32.2 Å². The molecule has 0 unspecified atom stereocenters. The molecule has 4 N–H and O–H groups in total. The Morgan fingerprint density at radius 2 is 2.00 bits per heavy atom. The number of fused-ring (bicyclic) bond motifs is 1. The number of ether oxygens (including phenoxy) is 2. The Balaban J connectivity index is 1.41. The third-order valence-electron chi connectivity index (χ3n) is 7.26. The molecule has 3 aromatic rings. The molecule has 2 aliphatic rings. The van der Waals surface area contributed by atoms with Crippen molar-refractivity contribution in [3.63, 3.8) is 0 Å². The standard InChI is InChI=1S/C28H31FN6O2/c1-3-4-23-26-25(22(16-30)27(31)37-28(26)33-32-23)18-5-10-24(36-2)19(15-18)17-34-11-13-35(14-12-34)21-8-6-20(29)7-9-21/h5-10,15,25H,3-4,11-14,17,31H2,1-2H3,(H,32,33)/p+1/t25-/m0/s1. The topological polar surface area (TPSA) is 105 Å². The van der Waals surface area contributed by atoms with E-state index in [1.807, 2.05) is 24.3 Å². The van der Waals surface area contributed by atoms with Gasteiger partial charge in [-0.2, -0.15) is 5.26 Å². The Morgan fingerprint density at radius 3 is 2.68 bits per heavy atom. The summed E-state index contributed by atoms with van der Waals surface area (Å²) in [5.74, 6) is 0.773. The predicted octanol–water partition coefficient (Wildman–Crippen LogP) is 2.63. The lowest BCUT2D eigenvalue weighted by atomic mass is 9.82. The number of hydrogen-bond acceptors (Lipinski definition) is 6. The summed E-state index contributed by atoms with van der Waals surface area (Å²) in [7, 11) is 1.68. The van der Waals surface area contributed by atoms with E-state index in [1.54, 1.807) is 7.11 Å². The van der Waals surface area contributed by atoms with Crippen molar-refractivity contribution in [3.05, 3.63) is 82.1 Å². The van der Waals surface area contributed by atoms with E-state index in [2.05, 4.69) is 34.2 Å². The second-order valence-electron chi connectivity index (χ2n) is 9.56. The first kappa shape index (κ1) is 24.7. The van der Waals surface area contributed by atoms with Crippen molar-refractivity contribution in [1.82, 2.24) is 10.2 Å². The monoisotopic (exact) mass is 503 g/mol. The van der Waals surface area contributed by atoms with Crippen LogP contribution < -0.4 is 25.0 Å². The van der Waals surface area contributed by atoms with Gasteiger partial charge < -0.3 is 25.0 Å². The summed E-state index contributed by atoms with van der Waals surface area (Å²) in [6, 6.07) is 15.1. The van der Waals surface area contributed by atoms with Crippen LogP contribution in [0.5, 0.6) is 11.6 Å². The van der Waals surface area contributed by atoms with Gasteiger partial charge in [0.05, 0.1) is 39.2 Å². The second kappa shape index (κ2) is 10.5. The van der Waals surface area contributed by atoms with E-state index in [0.717, 1.165) is 79.4 Å². The Kier molecular flexibility index (Phi) is 7.01. The number of rotatable bonds is 7. The number of allylic oxidation sites excluding steroid dienone is 1. The molecular formula is C28H32FN6O2+. The molecule has 2 aromatic carbocycles. The Morgan fingerprint density at radius 1 is 1.24 bits per heavy atom. The average Bonchev–Trinajstić information content (AvgIpc) is 3.31. The molecule has 0 spiro atoms. The quantitative estimate of drug-likeness (QED) is 0.458. The van der Waals surface area contributed by atoms with Gasteiger partial charge in [0.1, 0.15) is 29.8 Å². The van der Waals surface area contributed by atoms with E-state index >= 15 is 0 Å². The lowest BCUT2D eigenvalue weighted by Gasteiger charge is -2.34. The van der Waals surface area contributed by atoms with Crippen LogP contribution in [0.15, 0.2) is 53.9 Å².